The smallest absolute Gasteiger partial charge is 0.226 e. The van der Waals surface area contributed by atoms with Crippen LogP contribution in [0.5, 0.6) is 0 Å². The van der Waals surface area contributed by atoms with E-state index >= 15 is 0 Å². The highest BCUT2D eigenvalue weighted by Gasteiger charge is 2.54. The van der Waals surface area contributed by atoms with Gasteiger partial charge in [0.15, 0.2) is 5.79 Å². The summed E-state index contributed by atoms with van der Waals surface area (Å²) in [5, 5.41) is 3.24. The van der Waals surface area contributed by atoms with Crippen molar-refractivity contribution in [1.82, 2.24) is 5.32 Å². The molecule has 1 spiro atoms. The molecule has 4 bridgehead atoms. The molecule has 4 heteroatoms. The van der Waals surface area contributed by atoms with Gasteiger partial charge < -0.3 is 14.8 Å². The van der Waals surface area contributed by atoms with Gasteiger partial charge in [-0.05, 0) is 69.1 Å². The van der Waals surface area contributed by atoms with E-state index in [4.69, 9.17) is 9.47 Å². The van der Waals surface area contributed by atoms with Gasteiger partial charge in [-0.15, -0.1) is 0 Å². The Hall–Kier alpha value is -0.610. The average molecular weight is 319 g/mol. The van der Waals surface area contributed by atoms with Gasteiger partial charge in [0, 0.05) is 24.8 Å². The van der Waals surface area contributed by atoms with Crippen molar-refractivity contribution in [1.29, 1.82) is 0 Å². The number of carbonyl (C=O) groups is 1. The van der Waals surface area contributed by atoms with Crippen molar-refractivity contribution in [2.24, 2.45) is 23.2 Å². The molecule has 1 atom stereocenters. The molecule has 0 radical (unpaired) electrons. The predicted octanol–water partition coefficient (Wildman–Crippen LogP) is 3.00. The largest absolute Gasteiger partial charge is 0.353 e. The molecule has 1 heterocycles. The Bertz CT molecular complexity index is 462. The standard InChI is InChI=1S/C19H29NO3/c21-17(18-8-13-5-14(9-18)7-15(6-13)10-18)20-11-16-12-22-19(23-16)3-1-2-4-19/h13-16H,1-12H2,(H,20,21)/t13?,14?,15?,16-,18?/m0/s1. The summed E-state index contributed by atoms with van der Waals surface area (Å²) in [5.41, 5.74) is -0.0424. The van der Waals surface area contributed by atoms with Crippen LogP contribution in [0.15, 0.2) is 0 Å². The Balaban J connectivity index is 1.20. The van der Waals surface area contributed by atoms with Crippen LogP contribution in [-0.2, 0) is 14.3 Å². The minimum absolute atomic E-state index is 0.0424. The molecule has 23 heavy (non-hydrogen) atoms. The summed E-state index contributed by atoms with van der Waals surface area (Å²) >= 11 is 0. The fraction of sp³-hybridized carbons (Fsp3) is 0.947. The Labute approximate surface area is 138 Å². The molecular weight excluding hydrogens is 290 g/mol. The summed E-state index contributed by atoms with van der Waals surface area (Å²) < 4.78 is 12.1. The van der Waals surface area contributed by atoms with Crippen molar-refractivity contribution >= 4 is 5.91 Å². The lowest BCUT2D eigenvalue weighted by atomic mass is 9.49. The first kappa shape index (κ1) is 14.7. The molecule has 0 aromatic carbocycles. The third-order valence-electron chi connectivity index (χ3n) is 7.29. The second-order valence-corrected chi connectivity index (χ2v) is 9.08. The lowest BCUT2D eigenvalue weighted by Crippen LogP contribution is -2.54. The van der Waals surface area contributed by atoms with E-state index in [-0.39, 0.29) is 17.3 Å². The van der Waals surface area contributed by atoms with Crippen molar-refractivity contribution in [2.45, 2.75) is 76.1 Å². The van der Waals surface area contributed by atoms with Gasteiger partial charge in [0.25, 0.3) is 0 Å². The molecule has 1 amide bonds. The van der Waals surface area contributed by atoms with Gasteiger partial charge in [0.2, 0.25) is 5.91 Å². The van der Waals surface area contributed by atoms with Gasteiger partial charge in [-0.25, -0.2) is 0 Å². The van der Waals surface area contributed by atoms with Crippen LogP contribution in [0.4, 0.5) is 0 Å². The van der Waals surface area contributed by atoms with E-state index in [1.807, 2.05) is 0 Å². The first-order chi connectivity index (χ1) is 11.1. The van der Waals surface area contributed by atoms with Gasteiger partial charge in [-0.3, -0.25) is 4.79 Å². The molecule has 1 saturated heterocycles. The van der Waals surface area contributed by atoms with Crippen LogP contribution >= 0.6 is 0 Å². The molecule has 5 aliphatic carbocycles. The fourth-order valence-corrected chi connectivity index (χ4v) is 6.68. The zero-order valence-electron chi connectivity index (χ0n) is 14.0. The summed E-state index contributed by atoms with van der Waals surface area (Å²) in [7, 11) is 0. The summed E-state index contributed by atoms with van der Waals surface area (Å²) in [6.07, 6.45) is 12.0. The normalized spacial score (nSPS) is 46.6. The van der Waals surface area contributed by atoms with Gasteiger partial charge in [0.05, 0.1) is 6.61 Å². The third kappa shape index (κ3) is 2.44. The zero-order valence-corrected chi connectivity index (χ0v) is 14.0. The Morgan fingerprint density at radius 1 is 1.00 bits per heavy atom. The van der Waals surface area contributed by atoms with E-state index in [0.717, 1.165) is 49.9 Å². The molecule has 4 nitrogen and oxygen atoms in total. The van der Waals surface area contributed by atoms with Crippen LogP contribution in [0.1, 0.15) is 64.2 Å². The second-order valence-electron chi connectivity index (χ2n) is 9.08. The summed E-state index contributed by atoms with van der Waals surface area (Å²) in [6.45, 7) is 1.27. The number of rotatable bonds is 3. The van der Waals surface area contributed by atoms with Gasteiger partial charge in [-0.1, -0.05) is 0 Å². The van der Waals surface area contributed by atoms with Crippen LogP contribution < -0.4 is 5.32 Å². The number of ether oxygens (including phenoxy) is 2. The number of nitrogens with one attached hydrogen (secondary N) is 1. The number of amides is 1. The van der Waals surface area contributed by atoms with Crippen LogP contribution in [0.3, 0.4) is 0 Å². The Kier molecular flexibility index (Phi) is 3.32. The average Bonchev–Trinajstić information content (AvgIpc) is 3.14. The molecule has 0 aromatic heterocycles. The molecule has 0 aromatic rings. The van der Waals surface area contributed by atoms with Crippen LogP contribution in [0, 0.1) is 23.2 Å². The van der Waals surface area contributed by atoms with Crippen LogP contribution in [0.2, 0.25) is 0 Å². The number of hydrogen-bond acceptors (Lipinski definition) is 3. The maximum Gasteiger partial charge on any atom is 0.226 e. The lowest BCUT2D eigenvalue weighted by molar-refractivity contribution is -0.163. The van der Waals surface area contributed by atoms with Crippen molar-refractivity contribution in [3.05, 3.63) is 0 Å². The summed E-state index contributed by atoms with van der Waals surface area (Å²) in [4.78, 5) is 13.0. The maximum atomic E-state index is 13.0. The van der Waals surface area contributed by atoms with E-state index < -0.39 is 0 Å². The molecule has 6 aliphatic rings. The zero-order chi connectivity index (χ0) is 15.5. The highest BCUT2D eigenvalue weighted by atomic mass is 16.7. The summed E-state index contributed by atoms with van der Waals surface area (Å²) in [5.74, 6) is 2.46. The van der Waals surface area contributed by atoms with E-state index in [1.165, 1.54) is 32.1 Å². The highest BCUT2D eigenvalue weighted by Crippen LogP contribution is 2.60. The van der Waals surface area contributed by atoms with Crippen molar-refractivity contribution in [3.8, 4) is 0 Å². The molecule has 6 rings (SSSR count). The highest BCUT2D eigenvalue weighted by molar-refractivity contribution is 5.83. The van der Waals surface area contributed by atoms with Gasteiger partial charge >= 0.3 is 0 Å². The molecule has 128 valence electrons. The number of hydrogen-bond donors (Lipinski definition) is 1. The second kappa shape index (κ2) is 5.19. The molecule has 0 unspecified atom stereocenters. The minimum atomic E-state index is -0.309. The molecule has 5 saturated carbocycles. The van der Waals surface area contributed by atoms with E-state index in [0.29, 0.717) is 19.1 Å². The van der Waals surface area contributed by atoms with Gasteiger partial charge in [-0.2, -0.15) is 0 Å². The minimum Gasteiger partial charge on any atom is -0.353 e. The molecule has 6 fully saturated rings. The maximum absolute atomic E-state index is 13.0. The van der Waals surface area contributed by atoms with Crippen molar-refractivity contribution in [2.75, 3.05) is 13.2 Å². The van der Waals surface area contributed by atoms with Gasteiger partial charge in [0.1, 0.15) is 6.10 Å². The predicted molar refractivity (Wildman–Crippen MR) is 85.6 cm³/mol. The molecule has 1 aliphatic heterocycles. The summed E-state index contributed by atoms with van der Waals surface area (Å²) in [6, 6.07) is 0. The fourth-order valence-electron chi connectivity index (χ4n) is 6.68. The first-order valence-electron chi connectivity index (χ1n) is 9.75. The van der Waals surface area contributed by atoms with Crippen molar-refractivity contribution < 1.29 is 14.3 Å². The first-order valence-corrected chi connectivity index (χ1v) is 9.75. The van der Waals surface area contributed by atoms with Crippen molar-refractivity contribution in [3.63, 3.8) is 0 Å². The SMILES string of the molecule is O=C(NC[C@H]1COC2(CCCC2)O1)C12CC3CC(CC(C3)C1)C2. The van der Waals surface area contributed by atoms with Crippen LogP contribution in [-0.4, -0.2) is 30.9 Å². The van der Waals surface area contributed by atoms with E-state index in [9.17, 15) is 4.79 Å². The Morgan fingerprint density at radius 3 is 2.22 bits per heavy atom. The van der Waals surface area contributed by atoms with E-state index in [1.54, 1.807) is 0 Å². The van der Waals surface area contributed by atoms with Crippen LogP contribution in [0.25, 0.3) is 0 Å². The topological polar surface area (TPSA) is 47.6 Å². The molecular formula is C19H29NO3. The molecule has 1 N–H and O–H groups in total. The lowest BCUT2D eigenvalue weighted by Gasteiger charge is -2.55. The quantitative estimate of drug-likeness (QED) is 0.870. The third-order valence-corrected chi connectivity index (χ3v) is 7.29. The number of carbonyl (C=O) groups excluding carboxylic acids is 1. The van der Waals surface area contributed by atoms with E-state index in [2.05, 4.69) is 5.32 Å². The monoisotopic (exact) mass is 319 g/mol. The Morgan fingerprint density at radius 2 is 1.61 bits per heavy atom.